The van der Waals surface area contributed by atoms with Crippen molar-refractivity contribution in [1.82, 2.24) is 15.2 Å². The summed E-state index contributed by atoms with van der Waals surface area (Å²) < 4.78 is 0. The molecule has 0 atom stereocenters. The summed E-state index contributed by atoms with van der Waals surface area (Å²) in [5.41, 5.74) is 2.66. The van der Waals surface area contributed by atoms with E-state index < -0.39 is 0 Å². The number of benzene rings is 1. The van der Waals surface area contributed by atoms with Crippen LogP contribution in [0, 0.1) is 6.92 Å². The molecule has 0 saturated carbocycles. The van der Waals surface area contributed by atoms with Crippen molar-refractivity contribution in [3.05, 3.63) is 59.8 Å². The molecule has 2 aromatic rings. The smallest absolute Gasteiger partial charge is 0.194 e. The first-order valence-corrected chi connectivity index (χ1v) is 9.51. The average Bonchev–Trinajstić information content (AvgIpc) is 2.68. The van der Waals surface area contributed by atoms with Crippen LogP contribution in [0.2, 0.25) is 0 Å². The van der Waals surface area contributed by atoms with Gasteiger partial charge in [-0.15, -0.1) is 0 Å². The molecule has 0 aliphatic carbocycles. The van der Waals surface area contributed by atoms with E-state index in [1.807, 2.05) is 18.3 Å². The van der Waals surface area contributed by atoms with Crippen molar-refractivity contribution in [2.45, 2.75) is 20.3 Å². The fourth-order valence-corrected chi connectivity index (χ4v) is 3.27. The first kappa shape index (κ1) is 18.2. The summed E-state index contributed by atoms with van der Waals surface area (Å²) in [5, 5.41) is 3.45. The van der Waals surface area contributed by atoms with Crippen LogP contribution in [-0.4, -0.2) is 55.1 Å². The minimum absolute atomic E-state index is 0.812. The highest BCUT2D eigenvalue weighted by molar-refractivity contribution is 5.80. The predicted molar refractivity (Wildman–Crippen MR) is 109 cm³/mol. The number of hydrogen-bond acceptors (Lipinski definition) is 3. The molecule has 1 fully saturated rings. The molecule has 0 spiro atoms. The first-order valence-electron chi connectivity index (χ1n) is 9.51. The molecule has 1 aliphatic rings. The van der Waals surface area contributed by atoms with Gasteiger partial charge in [-0.05, 0) is 38.0 Å². The zero-order valence-electron chi connectivity index (χ0n) is 15.9. The Kier molecular flexibility index (Phi) is 6.47. The SMILES string of the molecule is CCNC(=NCCc1cccc(C)c1)N1CCN(c2ccccn2)CC1. The quantitative estimate of drug-likeness (QED) is 0.664. The third-order valence-electron chi connectivity index (χ3n) is 4.63. The van der Waals surface area contributed by atoms with Gasteiger partial charge >= 0.3 is 0 Å². The highest BCUT2D eigenvalue weighted by atomic mass is 15.4. The van der Waals surface area contributed by atoms with Gasteiger partial charge in [-0.25, -0.2) is 4.98 Å². The molecular weight excluding hydrogens is 322 g/mol. The monoisotopic (exact) mass is 351 g/mol. The number of nitrogens with one attached hydrogen (secondary N) is 1. The van der Waals surface area contributed by atoms with Gasteiger partial charge in [0, 0.05) is 45.5 Å². The zero-order valence-corrected chi connectivity index (χ0v) is 15.9. The summed E-state index contributed by atoms with van der Waals surface area (Å²) in [5.74, 6) is 2.09. The van der Waals surface area contributed by atoms with Crippen molar-refractivity contribution < 1.29 is 0 Å². The van der Waals surface area contributed by atoms with Gasteiger partial charge in [-0.2, -0.15) is 0 Å². The fourth-order valence-electron chi connectivity index (χ4n) is 3.27. The highest BCUT2D eigenvalue weighted by Crippen LogP contribution is 2.12. The molecule has 1 aromatic heterocycles. The van der Waals surface area contributed by atoms with Crippen molar-refractivity contribution >= 4 is 11.8 Å². The van der Waals surface area contributed by atoms with Crippen molar-refractivity contribution in [3.63, 3.8) is 0 Å². The van der Waals surface area contributed by atoms with Gasteiger partial charge in [-0.3, -0.25) is 4.99 Å². The molecule has 1 aliphatic heterocycles. The van der Waals surface area contributed by atoms with E-state index in [1.54, 1.807) is 0 Å². The van der Waals surface area contributed by atoms with E-state index in [1.165, 1.54) is 11.1 Å². The maximum atomic E-state index is 4.86. The number of hydrogen-bond donors (Lipinski definition) is 1. The van der Waals surface area contributed by atoms with Crippen molar-refractivity contribution in [3.8, 4) is 0 Å². The molecule has 138 valence electrons. The van der Waals surface area contributed by atoms with Crippen molar-refractivity contribution in [2.75, 3.05) is 44.2 Å². The Balaban J connectivity index is 1.56. The van der Waals surface area contributed by atoms with Crippen LogP contribution in [0.25, 0.3) is 0 Å². The van der Waals surface area contributed by atoms with E-state index in [0.29, 0.717) is 0 Å². The first-order chi connectivity index (χ1) is 12.8. The number of aryl methyl sites for hydroxylation is 1. The lowest BCUT2D eigenvalue weighted by Crippen LogP contribution is -2.52. The lowest BCUT2D eigenvalue weighted by molar-refractivity contribution is 0.371. The van der Waals surface area contributed by atoms with E-state index >= 15 is 0 Å². The van der Waals surface area contributed by atoms with E-state index in [-0.39, 0.29) is 0 Å². The number of pyridine rings is 1. The number of piperazine rings is 1. The number of rotatable bonds is 5. The number of nitrogens with zero attached hydrogens (tertiary/aromatic N) is 4. The summed E-state index contributed by atoms with van der Waals surface area (Å²) in [4.78, 5) is 14.0. The van der Waals surface area contributed by atoms with Gasteiger partial charge in [0.05, 0.1) is 0 Å². The summed E-state index contributed by atoms with van der Waals surface area (Å²) in [6.45, 7) is 9.84. The Morgan fingerprint density at radius 1 is 1.12 bits per heavy atom. The molecule has 1 N–H and O–H groups in total. The molecule has 1 saturated heterocycles. The molecule has 1 aromatic carbocycles. The van der Waals surface area contributed by atoms with Crippen molar-refractivity contribution in [1.29, 1.82) is 0 Å². The molecular formula is C21H29N5. The third kappa shape index (κ3) is 4.97. The number of guanidine groups is 1. The van der Waals surface area contributed by atoms with Crippen molar-refractivity contribution in [2.24, 2.45) is 4.99 Å². The van der Waals surface area contributed by atoms with Gasteiger partial charge in [0.25, 0.3) is 0 Å². The van der Waals surface area contributed by atoms with Gasteiger partial charge in [0.2, 0.25) is 0 Å². The summed E-state index contributed by atoms with van der Waals surface area (Å²) in [6.07, 6.45) is 2.84. The minimum atomic E-state index is 0.812. The predicted octanol–water partition coefficient (Wildman–Crippen LogP) is 2.72. The molecule has 0 radical (unpaired) electrons. The van der Waals surface area contributed by atoms with Crippen LogP contribution in [0.5, 0.6) is 0 Å². The Labute approximate surface area is 156 Å². The molecule has 0 amide bonds. The summed E-state index contributed by atoms with van der Waals surface area (Å²) >= 11 is 0. The Bertz CT molecular complexity index is 705. The van der Waals surface area contributed by atoms with Gasteiger partial charge in [0.1, 0.15) is 5.82 Å². The van der Waals surface area contributed by atoms with E-state index in [0.717, 1.165) is 57.5 Å². The molecule has 0 bridgehead atoms. The number of aromatic nitrogens is 1. The van der Waals surface area contributed by atoms with Crippen LogP contribution in [0.1, 0.15) is 18.1 Å². The minimum Gasteiger partial charge on any atom is -0.357 e. The van der Waals surface area contributed by atoms with Gasteiger partial charge in [-0.1, -0.05) is 35.9 Å². The third-order valence-corrected chi connectivity index (χ3v) is 4.63. The van der Waals surface area contributed by atoms with Gasteiger partial charge in [0.15, 0.2) is 5.96 Å². The lowest BCUT2D eigenvalue weighted by Gasteiger charge is -2.37. The maximum Gasteiger partial charge on any atom is 0.194 e. The molecule has 26 heavy (non-hydrogen) atoms. The number of anilines is 1. The zero-order chi connectivity index (χ0) is 18.2. The Morgan fingerprint density at radius 2 is 1.96 bits per heavy atom. The van der Waals surface area contributed by atoms with Crippen LogP contribution in [0.15, 0.2) is 53.7 Å². The van der Waals surface area contributed by atoms with Crippen LogP contribution in [0.4, 0.5) is 5.82 Å². The normalized spacial score (nSPS) is 15.2. The highest BCUT2D eigenvalue weighted by Gasteiger charge is 2.20. The summed E-state index contributed by atoms with van der Waals surface area (Å²) in [7, 11) is 0. The second kappa shape index (κ2) is 9.22. The van der Waals surface area contributed by atoms with Crippen LogP contribution in [0.3, 0.4) is 0 Å². The maximum absolute atomic E-state index is 4.86. The fraction of sp³-hybridized carbons (Fsp3) is 0.429. The number of aliphatic imine (C=N–C) groups is 1. The second-order valence-electron chi connectivity index (χ2n) is 6.64. The Hall–Kier alpha value is -2.56. The lowest BCUT2D eigenvalue weighted by atomic mass is 10.1. The van der Waals surface area contributed by atoms with E-state index in [2.05, 4.69) is 64.3 Å². The standard InChI is InChI=1S/C21H29N5/c1-3-22-21(24-12-10-19-8-6-7-18(2)17-19)26-15-13-25(14-16-26)20-9-4-5-11-23-20/h4-9,11,17H,3,10,12-16H2,1-2H3,(H,22,24). The molecule has 3 rings (SSSR count). The molecule has 5 nitrogen and oxygen atoms in total. The topological polar surface area (TPSA) is 43.8 Å². The molecule has 2 heterocycles. The summed E-state index contributed by atoms with van der Waals surface area (Å²) in [6, 6.07) is 14.8. The average molecular weight is 351 g/mol. The molecule has 5 heteroatoms. The van der Waals surface area contributed by atoms with E-state index in [4.69, 9.17) is 4.99 Å². The van der Waals surface area contributed by atoms with E-state index in [9.17, 15) is 0 Å². The Morgan fingerprint density at radius 3 is 2.65 bits per heavy atom. The van der Waals surface area contributed by atoms with Gasteiger partial charge < -0.3 is 15.1 Å². The van der Waals surface area contributed by atoms with Crippen LogP contribution in [-0.2, 0) is 6.42 Å². The molecule has 0 unspecified atom stereocenters. The van der Waals surface area contributed by atoms with Crippen LogP contribution < -0.4 is 10.2 Å². The second-order valence-corrected chi connectivity index (χ2v) is 6.64. The largest absolute Gasteiger partial charge is 0.357 e. The van der Waals surface area contributed by atoms with Crippen LogP contribution >= 0.6 is 0 Å².